The van der Waals surface area contributed by atoms with Crippen LogP contribution in [0.4, 0.5) is 10.6 Å². The molecule has 0 aliphatic carbocycles. The van der Waals surface area contributed by atoms with Gasteiger partial charge in [-0.2, -0.15) is 10.4 Å². The lowest BCUT2D eigenvalue weighted by atomic mass is 9.87. The Morgan fingerprint density at radius 2 is 2.06 bits per heavy atom. The number of nitrogens with zero attached hydrogens (tertiary/aromatic N) is 6. The molecule has 1 fully saturated rings. The number of rotatable bonds is 6. The number of hydrogen-bond acceptors (Lipinski definition) is 6. The Kier molecular flexibility index (Phi) is 6.33. The minimum Gasteiger partial charge on any atom is -0.492 e. The van der Waals surface area contributed by atoms with Crippen molar-refractivity contribution in [3.63, 3.8) is 0 Å². The number of amides is 1. The van der Waals surface area contributed by atoms with Crippen molar-refractivity contribution in [2.75, 3.05) is 24.6 Å². The third-order valence-corrected chi connectivity index (χ3v) is 6.55. The van der Waals surface area contributed by atoms with Crippen LogP contribution in [0.3, 0.4) is 0 Å². The van der Waals surface area contributed by atoms with E-state index in [2.05, 4.69) is 16.1 Å². The van der Waals surface area contributed by atoms with Gasteiger partial charge < -0.3 is 19.6 Å². The molecule has 9 nitrogen and oxygen atoms in total. The Balaban J connectivity index is 1.58. The smallest absolute Gasteiger partial charge is 0.407 e. The summed E-state index contributed by atoms with van der Waals surface area (Å²) >= 11 is 0. The summed E-state index contributed by atoms with van der Waals surface area (Å²) in [4.78, 5) is 20.3. The molecule has 4 rings (SSSR count). The van der Waals surface area contributed by atoms with Crippen molar-refractivity contribution in [3.05, 3.63) is 42.4 Å². The van der Waals surface area contributed by atoms with Crippen LogP contribution in [0.5, 0.6) is 5.75 Å². The highest BCUT2D eigenvalue weighted by molar-refractivity contribution is 5.85. The van der Waals surface area contributed by atoms with Crippen molar-refractivity contribution in [1.29, 1.82) is 5.26 Å². The van der Waals surface area contributed by atoms with Gasteiger partial charge in [0.2, 0.25) is 0 Å². The fraction of sp³-hybridized carbons (Fsp3) is 0.440. The first-order chi connectivity index (χ1) is 16.3. The van der Waals surface area contributed by atoms with E-state index in [4.69, 9.17) is 9.72 Å². The van der Waals surface area contributed by atoms with E-state index in [0.29, 0.717) is 17.9 Å². The molecule has 9 heteroatoms. The second-order valence-electron chi connectivity index (χ2n) is 9.12. The summed E-state index contributed by atoms with van der Waals surface area (Å²) in [7, 11) is 0. The van der Waals surface area contributed by atoms with Gasteiger partial charge in [0.1, 0.15) is 17.6 Å². The minimum absolute atomic E-state index is 0.0717. The third-order valence-electron chi connectivity index (χ3n) is 6.55. The van der Waals surface area contributed by atoms with Gasteiger partial charge in [-0.25, -0.2) is 14.3 Å². The SMILES string of the molecule is CCOc1cc(-c2ccc(N3CCC(C)(N(C(=O)O)C(C)C)CC3)nc2)c2c(C#N)cnn2c1. The van der Waals surface area contributed by atoms with Gasteiger partial charge in [-0.05, 0) is 58.7 Å². The quantitative estimate of drug-likeness (QED) is 0.578. The normalized spacial score (nSPS) is 15.4. The number of anilines is 1. The van der Waals surface area contributed by atoms with Crippen molar-refractivity contribution >= 4 is 17.4 Å². The summed E-state index contributed by atoms with van der Waals surface area (Å²) in [6.07, 6.45) is 5.73. The third kappa shape index (κ3) is 4.23. The zero-order chi connectivity index (χ0) is 24.5. The summed E-state index contributed by atoms with van der Waals surface area (Å²) < 4.78 is 7.36. The van der Waals surface area contributed by atoms with E-state index in [-0.39, 0.29) is 6.04 Å². The monoisotopic (exact) mass is 462 g/mol. The van der Waals surface area contributed by atoms with Crippen LogP contribution >= 0.6 is 0 Å². The highest BCUT2D eigenvalue weighted by atomic mass is 16.5. The van der Waals surface area contributed by atoms with Gasteiger partial charge in [0.15, 0.2) is 0 Å². The van der Waals surface area contributed by atoms with Gasteiger partial charge in [-0.15, -0.1) is 0 Å². The first-order valence-electron chi connectivity index (χ1n) is 11.6. The van der Waals surface area contributed by atoms with E-state index in [1.807, 2.05) is 45.9 Å². The summed E-state index contributed by atoms with van der Waals surface area (Å²) in [6, 6.07) is 8.02. The number of aromatic nitrogens is 3. The molecule has 1 amide bonds. The van der Waals surface area contributed by atoms with Gasteiger partial charge in [-0.1, -0.05) is 0 Å². The second kappa shape index (κ2) is 9.21. The van der Waals surface area contributed by atoms with Crippen LogP contribution in [-0.4, -0.2) is 62.0 Å². The van der Waals surface area contributed by atoms with Gasteiger partial charge in [0, 0.05) is 42.0 Å². The molecule has 0 aromatic carbocycles. The zero-order valence-corrected chi connectivity index (χ0v) is 20.0. The highest BCUT2D eigenvalue weighted by Crippen LogP contribution is 2.34. The number of hydrogen-bond donors (Lipinski definition) is 1. The maximum Gasteiger partial charge on any atom is 0.407 e. The average Bonchev–Trinajstić information content (AvgIpc) is 3.22. The lowest BCUT2D eigenvalue weighted by molar-refractivity contribution is 0.0486. The lowest BCUT2D eigenvalue weighted by Gasteiger charge is -2.47. The van der Waals surface area contributed by atoms with E-state index in [1.54, 1.807) is 28.0 Å². The molecule has 4 heterocycles. The molecule has 0 unspecified atom stereocenters. The number of pyridine rings is 2. The molecule has 178 valence electrons. The summed E-state index contributed by atoms with van der Waals surface area (Å²) in [5.74, 6) is 1.52. The molecule has 1 aliphatic rings. The van der Waals surface area contributed by atoms with Crippen LogP contribution in [0.2, 0.25) is 0 Å². The number of carboxylic acid groups (broad SMARTS) is 1. The number of fused-ring (bicyclic) bond motifs is 1. The molecular weight excluding hydrogens is 432 g/mol. The summed E-state index contributed by atoms with van der Waals surface area (Å²) in [5.41, 5.74) is 2.52. The van der Waals surface area contributed by atoms with Crippen molar-refractivity contribution in [3.8, 4) is 22.9 Å². The predicted octanol–water partition coefficient (Wildman–Crippen LogP) is 4.41. The molecule has 1 aliphatic heterocycles. The zero-order valence-electron chi connectivity index (χ0n) is 20.0. The Hall–Kier alpha value is -3.80. The Bertz CT molecular complexity index is 1220. The average molecular weight is 463 g/mol. The molecule has 0 radical (unpaired) electrons. The van der Waals surface area contributed by atoms with Gasteiger partial charge in [-0.3, -0.25) is 0 Å². The van der Waals surface area contributed by atoms with Crippen LogP contribution in [0, 0.1) is 11.3 Å². The van der Waals surface area contributed by atoms with Gasteiger partial charge >= 0.3 is 6.09 Å². The molecule has 34 heavy (non-hydrogen) atoms. The van der Waals surface area contributed by atoms with Crippen molar-refractivity contribution in [1.82, 2.24) is 19.5 Å². The fourth-order valence-corrected chi connectivity index (χ4v) is 4.91. The Labute approximate surface area is 199 Å². The van der Waals surface area contributed by atoms with Crippen molar-refractivity contribution in [2.24, 2.45) is 0 Å². The van der Waals surface area contributed by atoms with E-state index in [9.17, 15) is 15.2 Å². The first kappa shape index (κ1) is 23.4. The van der Waals surface area contributed by atoms with Crippen molar-refractivity contribution in [2.45, 2.75) is 52.1 Å². The Morgan fingerprint density at radius 3 is 2.62 bits per heavy atom. The fourth-order valence-electron chi connectivity index (χ4n) is 4.91. The summed E-state index contributed by atoms with van der Waals surface area (Å²) in [6.45, 7) is 9.77. The van der Waals surface area contributed by atoms with Crippen LogP contribution in [0.15, 0.2) is 36.8 Å². The molecule has 3 aromatic rings. The molecule has 0 spiro atoms. The predicted molar refractivity (Wildman–Crippen MR) is 129 cm³/mol. The summed E-state index contributed by atoms with van der Waals surface area (Å²) in [5, 5.41) is 23.5. The largest absolute Gasteiger partial charge is 0.492 e. The lowest BCUT2D eigenvalue weighted by Crippen LogP contribution is -2.57. The van der Waals surface area contributed by atoms with E-state index in [1.165, 1.54) is 0 Å². The molecule has 0 saturated carbocycles. The Morgan fingerprint density at radius 1 is 1.32 bits per heavy atom. The maximum absolute atomic E-state index is 11.8. The molecule has 0 atom stereocenters. The van der Waals surface area contributed by atoms with Crippen LogP contribution in [-0.2, 0) is 0 Å². The standard InChI is InChI=1S/C25H30N6O3/c1-5-34-20-12-21(23-19(13-26)15-28-30(23)16-20)18-6-7-22(27-14-18)29-10-8-25(4,9-11-29)31(17(2)3)24(32)33/h6-7,12,14-17H,5,8-11H2,1-4H3,(H,32,33). The minimum atomic E-state index is -0.870. The number of ether oxygens (including phenoxy) is 1. The topological polar surface area (TPSA) is 107 Å². The van der Waals surface area contributed by atoms with Crippen LogP contribution in [0.25, 0.3) is 16.6 Å². The molecule has 3 aromatic heterocycles. The molecule has 0 bridgehead atoms. The number of piperidine rings is 1. The van der Waals surface area contributed by atoms with E-state index < -0.39 is 11.6 Å². The highest BCUT2D eigenvalue weighted by Gasteiger charge is 2.40. The van der Waals surface area contributed by atoms with Gasteiger partial charge in [0.05, 0.1) is 30.1 Å². The molecular formula is C25H30N6O3. The second-order valence-corrected chi connectivity index (χ2v) is 9.12. The van der Waals surface area contributed by atoms with Crippen LogP contribution < -0.4 is 9.64 Å². The van der Waals surface area contributed by atoms with Gasteiger partial charge in [0.25, 0.3) is 0 Å². The maximum atomic E-state index is 11.8. The number of nitriles is 1. The van der Waals surface area contributed by atoms with Crippen molar-refractivity contribution < 1.29 is 14.6 Å². The molecule has 1 saturated heterocycles. The first-order valence-corrected chi connectivity index (χ1v) is 11.6. The molecule has 1 N–H and O–H groups in total. The number of carbonyl (C=O) groups is 1. The van der Waals surface area contributed by atoms with E-state index >= 15 is 0 Å². The van der Waals surface area contributed by atoms with Crippen LogP contribution in [0.1, 0.15) is 46.1 Å². The van der Waals surface area contributed by atoms with E-state index in [0.717, 1.165) is 48.4 Å².